The zero-order valence-corrected chi connectivity index (χ0v) is 7.57. The summed E-state index contributed by atoms with van der Waals surface area (Å²) in [5.74, 6) is 1.44. The molecule has 60 valence electrons. The number of hydrogen-bond donors (Lipinski definition) is 1. The predicted octanol–water partition coefficient (Wildman–Crippen LogP) is 1.25. The lowest BCUT2D eigenvalue weighted by Crippen LogP contribution is -2.24. The van der Waals surface area contributed by atoms with E-state index < -0.39 is 0 Å². The molecule has 0 aliphatic carbocycles. The van der Waals surface area contributed by atoms with Gasteiger partial charge in [0.15, 0.2) is 0 Å². The number of carbonyl (C=O) groups excluding carboxylic acids is 1. The molecule has 3 heteroatoms. The van der Waals surface area contributed by atoms with Crippen LogP contribution < -0.4 is 5.73 Å². The second kappa shape index (κ2) is 4.74. The van der Waals surface area contributed by atoms with Crippen LogP contribution >= 0.6 is 11.8 Å². The molecule has 0 saturated heterocycles. The molecule has 0 aliphatic heterocycles. The smallest absolute Gasteiger partial charge is 0.205 e. The Morgan fingerprint density at radius 1 is 1.50 bits per heavy atom. The molecule has 0 radical (unpaired) electrons. The standard InChI is InChI=1S/C7H15NOS/c1-5(2)4-10-7(9)6(3)8/h5-6H,4,8H2,1-3H3/t6-/m0/s1. The van der Waals surface area contributed by atoms with E-state index in [1.165, 1.54) is 11.8 Å². The van der Waals surface area contributed by atoms with Gasteiger partial charge in [0, 0.05) is 5.75 Å². The Balaban J connectivity index is 3.40. The normalized spacial score (nSPS) is 13.7. The van der Waals surface area contributed by atoms with Gasteiger partial charge in [-0.3, -0.25) is 4.79 Å². The first kappa shape index (κ1) is 9.98. The van der Waals surface area contributed by atoms with Gasteiger partial charge in [-0.05, 0) is 12.8 Å². The molecule has 0 bridgehead atoms. The molecule has 0 aliphatic rings. The minimum atomic E-state index is -0.316. The van der Waals surface area contributed by atoms with E-state index >= 15 is 0 Å². The van der Waals surface area contributed by atoms with Crippen molar-refractivity contribution in [2.24, 2.45) is 11.7 Å². The third-order valence-electron chi connectivity index (χ3n) is 0.931. The predicted molar refractivity (Wildman–Crippen MR) is 46.0 cm³/mol. The fraction of sp³-hybridized carbons (Fsp3) is 0.857. The third-order valence-corrected chi connectivity index (χ3v) is 2.42. The van der Waals surface area contributed by atoms with Crippen LogP contribution in [0.3, 0.4) is 0 Å². The number of nitrogens with two attached hydrogens (primary N) is 1. The first-order valence-electron chi connectivity index (χ1n) is 3.46. The van der Waals surface area contributed by atoms with Crippen LogP contribution in [0, 0.1) is 5.92 Å². The molecule has 2 nitrogen and oxygen atoms in total. The van der Waals surface area contributed by atoms with E-state index in [1.807, 2.05) is 0 Å². The highest BCUT2D eigenvalue weighted by Crippen LogP contribution is 2.09. The number of hydrogen-bond acceptors (Lipinski definition) is 3. The Morgan fingerprint density at radius 3 is 2.30 bits per heavy atom. The highest BCUT2D eigenvalue weighted by molar-refractivity contribution is 8.13. The Morgan fingerprint density at radius 2 is 2.00 bits per heavy atom. The molecular formula is C7H15NOS. The third kappa shape index (κ3) is 4.82. The Hall–Kier alpha value is -0.0200. The van der Waals surface area contributed by atoms with Gasteiger partial charge in [-0.1, -0.05) is 25.6 Å². The van der Waals surface area contributed by atoms with Crippen LogP contribution in [0.4, 0.5) is 0 Å². The van der Waals surface area contributed by atoms with Crippen molar-refractivity contribution in [3.63, 3.8) is 0 Å². The zero-order valence-electron chi connectivity index (χ0n) is 6.76. The summed E-state index contributed by atoms with van der Waals surface area (Å²) in [6.45, 7) is 5.89. The molecule has 0 heterocycles. The van der Waals surface area contributed by atoms with Crippen molar-refractivity contribution in [1.29, 1.82) is 0 Å². The minimum absolute atomic E-state index is 0.0914. The Kier molecular flexibility index (Phi) is 4.73. The molecule has 10 heavy (non-hydrogen) atoms. The second-order valence-corrected chi connectivity index (χ2v) is 3.84. The van der Waals surface area contributed by atoms with E-state index in [0.29, 0.717) is 5.92 Å². The molecule has 0 saturated carbocycles. The van der Waals surface area contributed by atoms with E-state index in [-0.39, 0.29) is 11.2 Å². The fourth-order valence-corrected chi connectivity index (χ4v) is 1.14. The summed E-state index contributed by atoms with van der Waals surface area (Å²) in [7, 11) is 0. The summed E-state index contributed by atoms with van der Waals surface area (Å²) in [5.41, 5.74) is 5.35. The van der Waals surface area contributed by atoms with Gasteiger partial charge in [0.1, 0.15) is 0 Å². The van der Waals surface area contributed by atoms with Crippen LogP contribution in [-0.2, 0) is 4.79 Å². The summed E-state index contributed by atoms with van der Waals surface area (Å²) in [6, 6.07) is -0.316. The molecule has 0 rings (SSSR count). The minimum Gasteiger partial charge on any atom is -0.321 e. The van der Waals surface area contributed by atoms with Crippen LogP contribution in [0.1, 0.15) is 20.8 Å². The number of carbonyl (C=O) groups is 1. The van der Waals surface area contributed by atoms with E-state index in [0.717, 1.165) is 5.75 Å². The van der Waals surface area contributed by atoms with Gasteiger partial charge in [0.05, 0.1) is 6.04 Å². The van der Waals surface area contributed by atoms with Crippen LogP contribution in [0.5, 0.6) is 0 Å². The average Bonchev–Trinajstić information content (AvgIpc) is 1.82. The van der Waals surface area contributed by atoms with Crippen molar-refractivity contribution < 1.29 is 4.79 Å². The van der Waals surface area contributed by atoms with Crippen LogP contribution in [-0.4, -0.2) is 16.9 Å². The molecular weight excluding hydrogens is 146 g/mol. The maximum absolute atomic E-state index is 10.9. The van der Waals surface area contributed by atoms with Crippen molar-refractivity contribution in [3.05, 3.63) is 0 Å². The van der Waals surface area contributed by atoms with Crippen molar-refractivity contribution in [3.8, 4) is 0 Å². The quantitative estimate of drug-likeness (QED) is 0.677. The van der Waals surface area contributed by atoms with Gasteiger partial charge >= 0.3 is 0 Å². The second-order valence-electron chi connectivity index (χ2n) is 2.81. The van der Waals surface area contributed by atoms with Gasteiger partial charge < -0.3 is 5.73 Å². The maximum Gasteiger partial charge on any atom is 0.205 e. The largest absolute Gasteiger partial charge is 0.321 e. The lowest BCUT2D eigenvalue weighted by atomic mass is 10.3. The summed E-state index contributed by atoms with van der Waals surface area (Å²) in [5, 5.41) is 0.0914. The van der Waals surface area contributed by atoms with Crippen molar-refractivity contribution in [1.82, 2.24) is 0 Å². The lowest BCUT2D eigenvalue weighted by molar-refractivity contribution is -0.111. The summed E-state index contributed by atoms with van der Waals surface area (Å²) < 4.78 is 0. The van der Waals surface area contributed by atoms with Crippen LogP contribution in [0.15, 0.2) is 0 Å². The van der Waals surface area contributed by atoms with E-state index in [1.54, 1.807) is 6.92 Å². The number of thioether (sulfide) groups is 1. The lowest BCUT2D eigenvalue weighted by Gasteiger charge is -2.04. The Labute approximate surface area is 66.6 Å². The van der Waals surface area contributed by atoms with E-state index in [4.69, 9.17) is 5.73 Å². The van der Waals surface area contributed by atoms with Crippen molar-refractivity contribution in [2.45, 2.75) is 26.8 Å². The summed E-state index contributed by atoms with van der Waals surface area (Å²) >= 11 is 1.33. The average molecular weight is 161 g/mol. The van der Waals surface area contributed by atoms with Gasteiger partial charge in [0.2, 0.25) is 5.12 Å². The highest BCUT2D eigenvalue weighted by Gasteiger charge is 2.08. The summed E-state index contributed by atoms with van der Waals surface area (Å²) in [6.07, 6.45) is 0. The van der Waals surface area contributed by atoms with Crippen molar-refractivity contribution in [2.75, 3.05) is 5.75 Å². The Bertz CT molecular complexity index is 112. The van der Waals surface area contributed by atoms with E-state index in [2.05, 4.69) is 13.8 Å². The molecule has 0 aromatic heterocycles. The zero-order chi connectivity index (χ0) is 8.15. The molecule has 0 spiro atoms. The first-order chi connectivity index (χ1) is 4.54. The van der Waals surface area contributed by atoms with Gasteiger partial charge in [-0.25, -0.2) is 0 Å². The topological polar surface area (TPSA) is 43.1 Å². The van der Waals surface area contributed by atoms with E-state index in [9.17, 15) is 4.79 Å². The molecule has 2 N–H and O–H groups in total. The molecule has 0 unspecified atom stereocenters. The maximum atomic E-state index is 10.9. The van der Waals surface area contributed by atoms with Gasteiger partial charge in [0.25, 0.3) is 0 Å². The molecule has 1 atom stereocenters. The highest BCUT2D eigenvalue weighted by atomic mass is 32.2. The number of rotatable bonds is 3. The fourth-order valence-electron chi connectivity index (χ4n) is 0.380. The SMILES string of the molecule is CC(C)CSC(=O)[C@H](C)N. The molecule has 0 fully saturated rings. The van der Waals surface area contributed by atoms with Crippen molar-refractivity contribution >= 4 is 16.9 Å². The monoisotopic (exact) mass is 161 g/mol. The van der Waals surface area contributed by atoms with Crippen LogP contribution in [0.2, 0.25) is 0 Å². The molecule has 0 aromatic carbocycles. The molecule has 0 amide bonds. The van der Waals surface area contributed by atoms with Gasteiger partial charge in [-0.2, -0.15) is 0 Å². The summed E-state index contributed by atoms with van der Waals surface area (Å²) in [4.78, 5) is 10.9. The van der Waals surface area contributed by atoms with Crippen LogP contribution in [0.25, 0.3) is 0 Å². The van der Waals surface area contributed by atoms with Gasteiger partial charge in [-0.15, -0.1) is 0 Å². The molecule has 0 aromatic rings. The first-order valence-corrected chi connectivity index (χ1v) is 4.44.